The summed E-state index contributed by atoms with van der Waals surface area (Å²) in [4.78, 5) is 42.2. The van der Waals surface area contributed by atoms with Crippen molar-refractivity contribution in [3.63, 3.8) is 0 Å². The van der Waals surface area contributed by atoms with Crippen molar-refractivity contribution in [2.75, 3.05) is 30.9 Å². The Hall–Kier alpha value is -2.58. The number of nitrogen functional groups attached to an aromatic ring is 1. The topological polar surface area (TPSA) is 110 Å². The molecule has 1 aromatic carbocycles. The molecule has 168 valence electrons. The maximum absolute atomic E-state index is 13.5. The van der Waals surface area contributed by atoms with Crippen LogP contribution in [0.3, 0.4) is 0 Å². The van der Waals surface area contributed by atoms with Gasteiger partial charge in [0.15, 0.2) is 5.69 Å². The number of carbonyl (C=O) groups is 1. The van der Waals surface area contributed by atoms with Gasteiger partial charge in [0.25, 0.3) is 5.56 Å². The fourth-order valence-electron chi connectivity index (χ4n) is 3.87. The number of nitrogens with zero attached hydrogens (tertiary/aromatic N) is 2. The van der Waals surface area contributed by atoms with Crippen LogP contribution < -0.4 is 21.9 Å². The van der Waals surface area contributed by atoms with E-state index >= 15 is 0 Å². The van der Waals surface area contributed by atoms with Crippen LogP contribution in [0.2, 0.25) is 5.02 Å². The predicted molar refractivity (Wildman–Crippen MR) is 122 cm³/mol. The van der Waals surface area contributed by atoms with Crippen molar-refractivity contribution >= 4 is 29.0 Å². The summed E-state index contributed by atoms with van der Waals surface area (Å²) in [5.74, 6) is -0.375. The average molecular weight is 449 g/mol. The van der Waals surface area contributed by atoms with E-state index in [-0.39, 0.29) is 41.7 Å². The highest BCUT2D eigenvalue weighted by Crippen LogP contribution is 2.50. The molecule has 0 aliphatic heterocycles. The van der Waals surface area contributed by atoms with Gasteiger partial charge in [-0.25, -0.2) is 4.79 Å². The highest BCUT2D eigenvalue weighted by molar-refractivity contribution is 6.31. The van der Waals surface area contributed by atoms with Gasteiger partial charge in [0.05, 0.1) is 0 Å². The van der Waals surface area contributed by atoms with E-state index in [1.165, 1.54) is 9.47 Å². The molecule has 1 fully saturated rings. The number of amides is 1. The number of ether oxygens (including phenoxy) is 1. The summed E-state index contributed by atoms with van der Waals surface area (Å²) in [6.45, 7) is 4.89. The minimum absolute atomic E-state index is 0.00293. The zero-order valence-corrected chi connectivity index (χ0v) is 18.8. The highest BCUT2D eigenvalue weighted by Gasteiger charge is 2.47. The normalized spacial score (nSPS) is 17.7. The molecule has 31 heavy (non-hydrogen) atoms. The van der Waals surface area contributed by atoms with Gasteiger partial charge in [-0.3, -0.25) is 19.1 Å². The number of benzene rings is 1. The largest absolute Gasteiger partial charge is 0.385 e. The monoisotopic (exact) mass is 448 g/mol. The van der Waals surface area contributed by atoms with Gasteiger partial charge in [0.1, 0.15) is 5.82 Å². The number of aromatic amines is 1. The second-order valence-electron chi connectivity index (χ2n) is 8.30. The third-order valence-electron chi connectivity index (χ3n) is 5.44. The quantitative estimate of drug-likeness (QED) is 0.573. The van der Waals surface area contributed by atoms with Crippen LogP contribution in [0.15, 0.2) is 33.9 Å². The summed E-state index contributed by atoms with van der Waals surface area (Å²) in [5.41, 5.74) is 5.96. The zero-order valence-electron chi connectivity index (χ0n) is 18.1. The average Bonchev–Trinajstić information content (AvgIpc) is 3.50. The van der Waals surface area contributed by atoms with Gasteiger partial charge < -0.3 is 15.4 Å². The lowest BCUT2D eigenvalue weighted by molar-refractivity contribution is -0.119. The zero-order chi connectivity index (χ0) is 22.7. The molecular weight excluding hydrogens is 420 g/mol. The molecule has 8 nitrogen and oxygen atoms in total. The highest BCUT2D eigenvalue weighted by atomic mass is 35.5. The van der Waals surface area contributed by atoms with Gasteiger partial charge in [0, 0.05) is 37.7 Å². The van der Waals surface area contributed by atoms with Gasteiger partial charge in [-0.05, 0) is 36.3 Å². The standard InChI is InChI=1S/C22H29ClN4O4/c1-13(2)12-27-19(24)18(20(28)25-22(27)30)26(9-6-10-31-3)21(29)16-11-15(16)14-7-4-5-8-17(14)23/h4-5,7-8,13,15-16H,6,9-12,24H2,1-3H3,(H,25,28,30). The molecule has 1 aliphatic carbocycles. The number of nitrogens with two attached hydrogens (primary N) is 1. The molecule has 1 saturated carbocycles. The minimum atomic E-state index is -0.664. The second kappa shape index (κ2) is 9.70. The molecule has 3 N–H and O–H groups in total. The van der Waals surface area contributed by atoms with Crippen LogP contribution in [0.25, 0.3) is 0 Å². The van der Waals surface area contributed by atoms with Crippen LogP contribution in [-0.4, -0.2) is 35.7 Å². The minimum Gasteiger partial charge on any atom is -0.385 e. The van der Waals surface area contributed by atoms with Gasteiger partial charge in [-0.2, -0.15) is 0 Å². The van der Waals surface area contributed by atoms with Gasteiger partial charge >= 0.3 is 5.69 Å². The van der Waals surface area contributed by atoms with Crippen LogP contribution >= 0.6 is 11.6 Å². The lowest BCUT2D eigenvalue weighted by Gasteiger charge is -2.25. The van der Waals surface area contributed by atoms with Crippen LogP contribution in [0.4, 0.5) is 11.5 Å². The van der Waals surface area contributed by atoms with E-state index in [1.807, 2.05) is 32.0 Å². The van der Waals surface area contributed by atoms with Crippen molar-refractivity contribution in [1.29, 1.82) is 0 Å². The van der Waals surface area contributed by atoms with E-state index in [2.05, 4.69) is 4.98 Å². The van der Waals surface area contributed by atoms with Crippen LogP contribution in [-0.2, 0) is 16.1 Å². The van der Waals surface area contributed by atoms with Crippen molar-refractivity contribution in [3.8, 4) is 0 Å². The Balaban J connectivity index is 1.97. The van der Waals surface area contributed by atoms with Crippen molar-refractivity contribution in [1.82, 2.24) is 9.55 Å². The number of hydrogen-bond donors (Lipinski definition) is 2. The SMILES string of the molecule is COCCCN(C(=O)C1CC1c1ccccc1Cl)c1c(N)n(CC(C)C)c(=O)[nH]c1=O. The van der Waals surface area contributed by atoms with Crippen molar-refractivity contribution < 1.29 is 9.53 Å². The summed E-state index contributed by atoms with van der Waals surface area (Å²) in [6.07, 6.45) is 1.17. The molecule has 0 saturated heterocycles. The summed E-state index contributed by atoms with van der Waals surface area (Å²) in [5, 5.41) is 0.622. The second-order valence-corrected chi connectivity index (χ2v) is 8.71. The smallest absolute Gasteiger partial charge is 0.330 e. The number of hydrogen-bond acceptors (Lipinski definition) is 5. The number of halogens is 1. The third kappa shape index (κ3) is 5.02. The molecule has 1 amide bonds. The predicted octanol–water partition coefficient (Wildman–Crippen LogP) is 2.60. The lowest BCUT2D eigenvalue weighted by atomic mass is 10.1. The van der Waals surface area contributed by atoms with Gasteiger partial charge in [-0.1, -0.05) is 43.6 Å². The molecule has 2 aromatic rings. The number of nitrogens with one attached hydrogen (secondary N) is 1. The van der Waals surface area contributed by atoms with Crippen LogP contribution in [0.1, 0.15) is 38.2 Å². The maximum Gasteiger partial charge on any atom is 0.330 e. The molecule has 2 unspecified atom stereocenters. The number of aromatic nitrogens is 2. The van der Waals surface area contributed by atoms with Gasteiger partial charge in [0.2, 0.25) is 5.91 Å². The fraction of sp³-hybridized carbons (Fsp3) is 0.500. The van der Waals surface area contributed by atoms with Crippen LogP contribution in [0.5, 0.6) is 0 Å². The summed E-state index contributed by atoms with van der Waals surface area (Å²) >= 11 is 6.31. The lowest BCUT2D eigenvalue weighted by Crippen LogP contribution is -2.43. The molecular formula is C22H29ClN4O4. The molecule has 1 aromatic heterocycles. The van der Waals surface area contributed by atoms with E-state index in [0.717, 1.165) is 5.56 Å². The Bertz CT molecular complexity index is 1060. The van der Waals surface area contributed by atoms with E-state index in [1.54, 1.807) is 13.2 Å². The number of methoxy groups -OCH3 is 1. The van der Waals surface area contributed by atoms with E-state index in [4.69, 9.17) is 22.1 Å². The van der Waals surface area contributed by atoms with E-state index in [0.29, 0.717) is 31.0 Å². The fourth-order valence-corrected chi connectivity index (χ4v) is 4.15. The summed E-state index contributed by atoms with van der Waals surface area (Å²) in [6, 6.07) is 7.46. The van der Waals surface area contributed by atoms with Gasteiger partial charge in [-0.15, -0.1) is 0 Å². The molecule has 9 heteroatoms. The van der Waals surface area contributed by atoms with E-state index < -0.39 is 11.2 Å². The number of carbonyl (C=O) groups excluding carboxylic acids is 1. The first-order chi connectivity index (χ1) is 14.8. The molecule has 0 radical (unpaired) electrons. The Morgan fingerprint density at radius 3 is 2.71 bits per heavy atom. The number of rotatable bonds is 9. The molecule has 1 heterocycles. The first kappa shape index (κ1) is 23.1. The van der Waals surface area contributed by atoms with Crippen LogP contribution in [0, 0.1) is 11.8 Å². The number of anilines is 2. The van der Waals surface area contributed by atoms with E-state index in [9.17, 15) is 14.4 Å². The summed E-state index contributed by atoms with van der Waals surface area (Å²) in [7, 11) is 1.57. The van der Waals surface area contributed by atoms with Crippen molar-refractivity contribution in [2.24, 2.45) is 11.8 Å². The summed E-state index contributed by atoms with van der Waals surface area (Å²) < 4.78 is 6.43. The third-order valence-corrected chi connectivity index (χ3v) is 5.78. The molecule has 0 bridgehead atoms. The Morgan fingerprint density at radius 1 is 1.35 bits per heavy atom. The Kier molecular flexibility index (Phi) is 7.23. The molecule has 1 aliphatic rings. The molecule has 2 atom stereocenters. The first-order valence-electron chi connectivity index (χ1n) is 10.4. The maximum atomic E-state index is 13.5. The Labute approximate surface area is 186 Å². The molecule has 3 rings (SSSR count). The van der Waals surface area contributed by atoms with Crippen molar-refractivity contribution in [2.45, 2.75) is 39.2 Å². The number of H-pyrrole nitrogens is 1. The first-order valence-corrected chi connectivity index (χ1v) is 10.8. The van der Waals surface area contributed by atoms with Crippen molar-refractivity contribution in [3.05, 3.63) is 55.7 Å². The molecule has 0 spiro atoms. The Morgan fingerprint density at radius 2 is 2.06 bits per heavy atom.